The van der Waals surface area contributed by atoms with Gasteiger partial charge in [0.05, 0.1) is 17.0 Å². The molecule has 2 saturated heterocycles. The molecule has 10 heteroatoms. The second kappa shape index (κ2) is 11.7. The second-order valence-corrected chi connectivity index (χ2v) is 10.1. The van der Waals surface area contributed by atoms with Gasteiger partial charge in [0, 0.05) is 59.5 Å². The zero-order valence-electron chi connectivity index (χ0n) is 18.8. The zero-order chi connectivity index (χ0) is 23.0. The van der Waals surface area contributed by atoms with E-state index in [4.69, 9.17) is 4.74 Å². The average Bonchev–Trinajstić information content (AvgIpc) is 2.82. The van der Waals surface area contributed by atoms with Crippen LogP contribution in [0.1, 0.15) is 36.0 Å². The van der Waals surface area contributed by atoms with E-state index in [1.165, 1.54) is 10.4 Å². The third-order valence-corrected chi connectivity index (χ3v) is 7.88. The zero-order valence-corrected chi connectivity index (χ0v) is 19.6. The van der Waals surface area contributed by atoms with Gasteiger partial charge in [0.1, 0.15) is 0 Å². The quantitative estimate of drug-likeness (QED) is 0.540. The van der Waals surface area contributed by atoms with E-state index in [2.05, 4.69) is 5.32 Å². The van der Waals surface area contributed by atoms with E-state index in [0.29, 0.717) is 52.4 Å². The first-order valence-electron chi connectivity index (χ1n) is 11.3. The highest BCUT2D eigenvalue weighted by atomic mass is 32.2. The number of methoxy groups -OCH3 is 1. The maximum Gasteiger partial charge on any atom is 0.255 e. The maximum absolute atomic E-state index is 13.2. The van der Waals surface area contributed by atoms with Gasteiger partial charge < -0.3 is 15.0 Å². The Hall–Kier alpha value is -2.01. The van der Waals surface area contributed by atoms with Crippen LogP contribution < -0.4 is 5.32 Å². The minimum Gasteiger partial charge on any atom is -0.385 e. The fourth-order valence-corrected chi connectivity index (χ4v) is 5.80. The number of sulfonamides is 1. The molecule has 2 heterocycles. The summed E-state index contributed by atoms with van der Waals surface area (Å²) in [6.07, 6.45) is 3.49. The van der Waals surface area contributed by atoms with E-state index in [0.717, 1.165) is 25.7 Å². The summed E-state index contributed by atoms with van der Waals surface area (Å²) in [4.78, 5) is 29.1. The Morgan fingerprint density at radius 2 is 1.69 bits per heavy atom. The van der Waals surface area contributed by atoms with Crippen LogP contribution in [0.25, 0.3) is 0 Å². The minimum atomic E-state index is -3.70. The number of ether oxygens (including phenoxy) is 1. The lowest BCUT2D eigenvalue weighted by atomic mass is 10.2. The molecule has 1 N–H and O–H groups in total. The molecule has 2 amide bonds. The average molecular weight is 467 g/mol. The van der Waals surface area contributed by atoms with E-state index in [1.807, 2.05) is 4.90 Å². The first-order chi connectivity index (χ1) is 15.4. The molecule has 2 aliphatic rings. The molecule has 0 saturated carbocycles. The lowest BCUT2D eigenvalue weighted by Gasteiger charge is -2.35. The second-order valence-electron chi connectivity index (χ2n) is 8.23. The van der Waals surface area contributed by atoms with E-state index in [-0.39, 0.29) is 28.8 Å². The standard InChI is InChI=1S/C22H34N4O5S/c1-31-17-7-10-23-21(27)18-24-13-15-25(16-14-24)22(28)19-8-3-4-9-20(19)32(29,30)26-11-5-2-6-12-26/h3-4,8-9H,2,5-7,10-18H2,1H3,(H,23,27). The number of hydrogen-bond acceptors (Lipinski definition) is 6. The summed E-state index contributed by atoms with van der Waals surface area (Å²) in [6.45, 7) is 4.50. The largest absolute Gasteiger partial charge is 0.385 e. The van der Waals surface area contributed by atoms with Crippen molar-refractivity contribution in [3.63, 3.8) is 0 Å². The number of amides is 2. The third kappa shape index (κ3) is 6.28. The predicted molar refractivity (Wildman–Crippen MR) is 121 cm³/mol. The summed E-state index contributed by atoms with van der Waals surface area (Å²) >= 11 is 0. The summed E-state index contributed by atoms with van der Waals surface area (Å²) in [5.41, 5.74) is 0.224. The van der Waals surface area contributed by atoms with Crippen LogP contribution >= 0.6 is 0 Å². The Labute approximate surface area is 190 Å². The minimum absolute atomic E-state index is 0.0427. The van der Waals surface area contributed by atoms with Crippen molar-refractivity contribution in [3.8, 4) is 0 Å². The van der Waals surface area contributed by atoms with Crippen molar-refractivity contribution in [1.82, 2.24) is 19.4 Å². The Morgan fingerprint density at radius 1 is 1.00 bits per heavy atom. The number of benzene rings is 1. The number of nitrogens with zero attached hydrogens (tertiary/aromatic N) is 3. The smallest absolute Gasteiger partial charge is 0.255 e. The van der Waals surface area contributed by atoms with Gasteiger partial charge in [-0.1, -0.05) is 18.6 Å². The van der Waals surface area contributed by atoms with Crippen molar-refractivity contribution < 1.29 is 22.7 Å². The molecular weight excluding hydrogens is 432 g/mol. The molecule has 1 aromatic carbocycles. The summed E-state index contributed by atoms with van der Waals surface area (Å²) in [7, 11) is -2.07. The van der Waals surface area contributed by atoms with Crippen molar-refractivity contribution in [2.24, 2.45) is 0 Å². The van der Waals surface area contributed by atoms with Gasteiger partial charge in [-0.3, -0.25) is 14.5 Å². The van der Waals surface area contributed by atoms with Crippen LogP contribution in [0.3, 0.4) is 0 Å². The van der Waals surface area contributed by atoms with Gasteiger partial charge >= 0.3 is 0 Å². The Kier molecular flexibility index (Phi) is 9.03. The molecular formula is C22H34N4O5S. The van der Waals surface area contributed by atoms with Crippen molar-refractivity contribution in [3.05, 3.63) is 29.8 Å². The lowest BCUT2D eigenvalue weighted by Crippen LogP contribution is -2.51. The van der Waals surface area contributed by atoms with Gasteiger partial charge in [-0.15, -0.1) is 0 Å². The first kappa shape index (κ1) is 24.6. The summed E-state index contributed by atoms with van der Waals surface area (Å²) < 4.78 is 32.8. The van der Waals surface area contributed by atoms with Crippen LogP contribution in [0.15, 0.2) is 29.2 Å². The molecule has 0 aliphatic carbocycles. The molecule has 0 atom stereocenters. The third-order valence-electron chi connectivity index (χ3n) is 5.92. The van der Waals surface area contributed by atoms with Crippen LogP contribution in [-0.4, -0.2) is 100 Å². The van der Waals surface area contributed by atoms with Crippen molar-refractivity contribution >= 4 is 21.8 Å². The van der Waals surface area contributed by atoms with E-state index in [9.17, 15) is 18.0 Å². The van der Waals surface area contributed by atoms with Gasteiger partial charge in [0.15, 0.2) is 0 Å². The van der Waals surface area contributed by atoms with Crippen LogP contribution in [0.5, 0.6) is 0 Å². The van der Waals surface area contributed by atoms with Crippen LogP contribution in [0.2, 0.25) is 0 Å². The van der Waals surface area contributed by atoms with Crippen LogP contribution in [0.4, 0.5) is 0 Å². The normalized spacial score (nSPS) is 18.5. The SMILES string of the molecule is COCCCNC(=O)CN1CCN(C(=O)c2ccccc2S(=O)(=O)N2CCCCC2)CC1. The number of hydrogen-bond donors (Lipinski definition) is 1. The highest BCUT2D eigenvalue weighted by Crippen LogP contribution is 2.25. The predicted octanol–water partition coefficient (Wildman–Crippen LogP) is 0.772. The monoisotopic (exact) mass is 466 g/mol. The molecule has 2 fully saturated rings. The van der Waals surface area contributed by atoms with E-state index >= 15 is 0 Å². The molecule has 178 valence electrons. The molecule has 1 aromatic rings. The maximum atomic E-state index is 13.2. The Bertz CT molecular complexity index is 878. The lowest BCUT2D eigenvalue weighted by molar-refractivity contribution is -0.122. The van der Waals surface area contributed by atoms with Crippen LogP contribution in [0, 0.1) is 0 Å². The molecule has 0 unspecified atom stereocenters. The summed E-state index contributed by atoms with van der Waals surface area (Å²) in [5.74, 6) is -0.316. The molecule has 2 aliphatic heterocycles. The van der Waals surface area contributed by atoms with Crippen molar-refractivity contribution in [2.75, 3.05) is 66.1 Å². The number of carbonyl (C=O) groups is 2. The van der Waals surface area contributed by atoms with Gasteiger partial charge in [-0.2, -0.15) is 4.31 Å². The number of carbonyl (C=O) groups excluding carboxylic acids is 2. The van der Waals surface area contributed by atoms with Gasteiger partial charge in [-0.25, -0.2) is 8.42 Å². The highest BCUT2D eigenvalue weighted by molar-refractivity contribution is 7.89. The number of nitrogens with one attached hydrogen (secondary N) is 1. The molecule has 0 radical (unpaired) electrons. The molecule has 9 nitrogen and oxygen atoms in total. The van der Waals surface area contributed by atoms with E-state index < -0.39 is 10.0 Å². The Balaban J connectivity index is 1.58. The number of piperidine rings is 1. The fraction of sp³-hybridized carbons (Fsp3) is 0.636. The van der Waals surface area contributed by atoms with Crippen molar-refractivity contribution in [1.29, 1.82) is 0 Å². The Morgan fingerprint density at radius 3 is 2.38 bits per heavy atom. The highest BCUT2D eigenvalue weighted by Gasteiger charge is 2.32. The molecule has 0 bridgehead atoms. The molecule has 32 heavy (non-hydrogen) atoms. The molecule has 3 rings (SSSR count). The summed E-state index contributed by atoms with van der Waals surface area (Å²) in [6, 6.07) is 6.49. The molecule has 0 spiro atoms. The molecule has 0 aromatic heterocycles. The fourth-order valence-electron chi connectivity index (χ4n) is 4.10. The van der Waals surface area contributed by atoms with Gasteiger partial charge in [0.2, 0.25) is 15.9 Å². The summed E-state index contributed by atoms with van der Waals surface area (Å²) in [5, 5.41) is 2.87. The van der Waals surface area contributed by atoms with Crippen molar-refractivity contribution in [2.45, 2.75) is 30.6 Å². The first-order valence-corrected chi connectivity index (χ1v) is 12.7. The van der Waals surface area contributed by atoms with Crippen LogP contribution in [-0.2, 0) is 19.6 Å². The topological polar surface area (TPSA) is 99.3 Å². The number of piperazine rings is 1. The van der Waals surface area contributed by atoms with E-state index in [1.54, 1.807) is 30.2 Å². The van der Waals surface area contributed by atoms with Gasteiger partial charge in [-0.05, 0) is 31.4 Å². The number of rotatable bonds is 9. The van der Waals surface area contributed by atoms with Gasteiger partial charge in [0.25, 0.3) is 5.91 Å².